The molecule has 1 unspecified atom stereocenters. The zero-order valence-corrected chi connectivity index (χ0v) is 20.0. The van der Waals surface area contributed by atoms with Crippen LogP contribution in [0.4, 0.5) is 0 Å². The number of rotatable bonds is 8. The van der Waals surface area contributed by atoms with E-state index in [1.54, 1.807) is 12.1 Å². The molecule has 1 aliphatic rings. The van der Waals surface area contributed by atoms with Crippen LogP contribution in [0.3, 0.4) is 0 Å². The summed E-state index contributed by atoms with van der Waals surface area (Å²) in [6.45, 7) is 1.84. The molecule has 2 heterocycles. The molecule has 1 aromatic heterocycles. The third-order valence-corrected chi connectivity index (χ3v) is 7.59. The first-order valence-corrected chi connectivity index (χ1v) is 12.2. The summed E-state index contributed by atoms with van der Waals surface area (Å²) >= 11 is 2.75. The number of hydrazone groups is 1. The molecule has 4 rings (SSSR count). The van der Waals surface area contributed by atoms with E-state index in [0.29, 0.717) is 6.42 Å². The molecule has 0 fully saturated rings. The van der Waals surface area contributed by atoms with Gasteiger partial charge < -0.3 is 10.5 Å². The summed E-state index contributed by atoms with van der Waals surface area (Å²) in [6.07, 6.45) is 0.792. The van der Waals surface area contributed by atoms with Crippen LogP contribution in [0.2, 0.25) is 0 Å². The molecule has 0 aliphatic carbocycles. The molecule has 2 amide bonds. The summed E-state index contributed by atoms with van der Waals surface area (Å²) in [4.78, 5) is 29.8. The summed E-state index contributed by atoms with van der Waals surface area (Å²) in [5.41, 5.74) is 8.96. The number of aryl methyl sites for hydroxylation is 1. The summed E-state index contributed by atoms with van der Waals surface area (Å²) in [6, 6.07) is 17.4. The van der Waals surface area contributed by atoms with Crippen LogP contribution in [0.15, 0.2) is 64.0 Å². The monoisotopic (exact) mass is 480 g/mol. The highest BCUT2D eigenvalue weighted by Crippen LogP contribution is 2.35. The van der Waals surface area contributed by atoms with E-state index < -0.39 is 5.91 Å². The second kappa shape index (κ2) is 10.2. The second-order valence-corrected chi connectivity index (χ2v) is 9.87. The van der Waals surface area contributed by atoms with Crippen molar-refractivity contribution >= 4 is 40.6 Å². The molecule has 170 valence electrons. The second-order valence-electron chi connectivity index (χ2n) is 7.56. The van der Waals surface area contributed by atoms with Gasteiger partial charge in [-0.1, -0.05) is 54.2 Å². The van der Waals surface area contributed by atoms with Gasteiger partial charge in [0.05, 0.1) is 36.7 Å². The molecule has 33 heavy (non-hydrogen) atoms. The molecule has 2 aromatic carbocycles. The number of carbonyl (C=O) groups is 2. The van der Waals surface area contributed by atoms with E-state index in [-0.39, 0.29) is 24.1 Å². The Labute approximate surface area is 200 Å². The van der Waals surface area contributed by atoms with E-state index in [1.807, 2.05) is 61.5 Å². The highest BCUT2D eigenvalue weighted by Gasteiger charge is 2.33. The minimum Gasteiger partial charge on any atom is -0.497 e. The standard InChI is InChI=1S/C24H24N4O3S2/c1-15-21(13-22(25)29)33-24(26-15)32-14-23(30)28-20(17-8-10-18(31-2)11-9-17)12-19(27-28)16-6-4-3-5-7-16/h3-11,20H,12-14H2,1-2H3,(H2,25,29). The van der Waals surface area contributed by atoms with Crippen LogP contribution >= 0.6 is 23.1 Å². The van der Waals surface area contributed by atoms with Crippen LogP contribution < -0.4 is 10.5 Å². The van der Waals surface area contributed by atoms with Crippen LogP contribution in [-0.2, 0) is 16.0 Å². The van der Waals surface area contributed by atoms with Gasteiger partial charge in [0.25, 0.3) is 5.91 Å². The van der Waals surface area contributed by atoms with Crippen LogP contribution in [0, 0.1) is 6.92 Å². The number of carbonyl (C=O) groups excluding carboxylic acids is 2. The predicted molar refractivity (Wildman–Crippen MR) is 131 cm³/mol. The lowest BCUT2D eigenvalue weighted by molar-refractivity contribution is -0.130. The number of primary amides is 1. The lowest BCUT2D eigenvalue weighted by Gasteiger charge is -2.22. The number of benzene rings is 2. The van der Waals surface area contributed by atoms with Gasteiger partial charge in [-0.15, -0.1) is 11.3 Å². The van der Waals surface area contributed by atoms with Crippen molar-refractivity contribution < 1.29 is 14.3 Å². The maximum atomic E-state index is 13.2. The van der Waals surface area contributed by atoms with Crippen LogP contribution in [0.5, 0.6) is 5.75 Å². The van der Waals surface area contributed by atoms with Crippen molar-refractivity contribution in [3.05, 3.63) is 76.3 Å². The molecular weight excluding hydrogens is 456 g/mol. The molecule has 0 bridgehead atoms. The molecule has 1 aliphatic heterocycles. The number of ether oxygens (including phenoxy) is 1. The molecule has 2 N–H and O–H groups in total. The average Bonchev–Trinajstić information content (AvgIpc) is 3.42. The molecule has 0 saturated heterocycles. The Morgan fingerprint density at radius 2 is 1.91 bits per heavy atom. The van der Waals surface area contributed by atoms with E-state index in [2.05, 4.69) is 4.98 Å². The van der Waals surface area contributed by atoms with E-state index in [9.17, 15) is 9.59 Å². The zero-order chi connectivity index (χ0) is 23.4. The third kappa shape index (κ3) is 5.43. The van der Waals surface area contributed by atoms with E-state index in [1.165, 1.54) is 23.1 Å². The predicted octanol–water partition coefficient (Wildman–Crippen LogP) is 3.96. The Bertz CT molecular complexity index is 1180. The van der Waals surface area contributed by atoms with E-state index >= 15 is 0 Å². The van der Waals surface area contributed by atoms with Gasteiger partial charge >= 0.3 is 0 Å². The topological polar surface area (TPSA) is 97.9 Å². The number of hydrogen-bond donors (Lipinski definition) is 1. The molecule has 0 saturated carbocycles. The summed E-state index contributed by atoms with van der Waals surface area (Å²) in [5, 5.41) is 6.30. The van der Waals surface area contributed by atoms with Gasteiger partial charge in [0.2, 0.25) is 5.91 Å². The van der Waals surface area contributed by atoms with Crippen molar-refractivity contribution in [1.82, 2.24) is 9.99 Å². The van der Waals surface area contributed by atoms with Crippen LogP contribution in [0.1, 0.15) is 34.2 Å². The number of thioether (sulfide) groups is 1. The van der Waals surface area contributed by atoms with Gasteiger partial charge in [0.1, 0.15) is 5.75 Å². The van der Waals surface area contributed by atoms with Gasteiger partial charge in [0, 0.05) is 11.3 Å². The zero-order valence-electron chi connectivity index (χ0n) is 18.4. The van der Waals surface area contributed by atoms with Crippen molar-refractivity contribution in [3.8, 4) is 5.75 Å². The van der Waals surface area contributed by atoms with Crippen molar-refractivity contribution in [2.45, 2.75) is 30.1 Å². The number of nitrogens with zero attached hydrogens (tertiary/aromatic N) is 3. The number of thiazole rings is 1. The summed E-state index contributed by atoms with van der Waals surface area (Å²) < 4.78 is 6.01. The number of aromatic nitrogens is 1. The SMILES string of the molecule is COc1ccc(C2CC(c3ccccc3)=NN2C(=O)CSc2nc(C)c(CC(N)=O)s2)cc1. The summed E-state index contributed by atoms with van der Waals surface area (Å²) in [5.74, 6) is 0.467. The van der Waals surface area contributed by atoms with Crippen LogP contribution in [0.25, 0.3) is 0 Å². The van der Waals surface area contributed by atoms with Gasteiger partial charge in [-0.25, -0.2) is 9.99 Å². The van der Waals surface area contributed by atoms with E-state index in [0.717, 1.165) is 37.5 Å². The largest absolute Gasteiger partial charge is 0.497 e. The van der Waals surface area contributed by atoms with Gasteiger partial charge in [-0.05, 0) is 30.2 Å². The quantitative estimate of drug-likeness (QED) is 0.492. The Balaban J connectivity index is 1.53. The fourth-order valence-electron chi connectivity index (χ4n) is 3.61. The molecule has 0 spiro atoms. The molecule has 0 radical (unpaired) electrons. The van der Waals surface area contributed by atoms with Gasteiger partial charge in [-0.2, -0.15) is 5.10 Å². The lowest BCUT2D eigenvalue weighted by Crippen LogP contribution is -2.28. The Morgan fingerprint density at radius 3 is 2.58 bits per heavy atom. The smallest absolute Gasteiger partial charge is 0.253 e. The highest BCUT2D eigenvalue weighted by molar-refractivity contribution is 8.01. The minimum atomic E-state index is -0.392. The van der Waals surface area contributed by atoms with Crippen molar-refractivity contribution in [2.75, 3.05) is 12.9 Å². The fraction of sp³-hybridized carbons (Fsp3) is 0.250. The van der Waals surface area contributed by atoms with Gasteiger partial charge in [-0.3, -0.25) is 9.59 Å². The Hall–Kier alpha value is -3.17. The number of methoxy groups -OCH3 is 1. The van der Waals surface area contributed by atoms with Crippen molar-refractivity contribution in [2.24, 2.45) is 10.8 Å². The number of amides is 2. The molecule has 7 nitrogen and oxygen atoms in total. The average molecular weight is 481 g/mol. The summed E-state index contributed by atoms with van der Waals surface area (Å²) in [7, 11) is 1.63. The first kappa shape index (κ1) is 23.0. The molecule has 3 aromatic rings. The van der Waals surface area contributed by atoms with E-state index in [4.69, 9.17) is 15.6 Å². The number of nitrogens with two attached hydrogens (primary N) is 1. The Kier molecular flexibility index (Phi) is 7.10. The maximum absolute atomic E-state index is 13.2. The van der Waals surface area contributed by atoms with Gasteiger partial charge in [0.15, 0.2) is 4.34 Å². The maximum Gasteiger partial charge on any atom is 0.253 e. The van der Waals surface area contributed by atoms with Crippen molar-refractivity contribution in [1.29, 1.82) is 0 Å². The number of hydrogen-bond acceptors (Lipinski definition) is 7. The Morgan fingerprint density at radius 1 is 1.18 bits per heavy atom. The molecule has 1 atom stereocenters. The third-order valence-electron chi connectivity index (χ3n) is 5.30. The fourth-order valence-corrected chi connectivity index (χ4v) is 5.70. The van der Waals surface area contributed by atoms with Crippen molar-refractivity contribution in [3.63, 3.8) is 0 Å². The molecular formula is C24H24N4O3S2. The first-order valence-electron chi connectivity index (χ1n) is 10.4. The lowest BCUT2D eigenvalue weighted by atomic mass is 9.98. The molecule has 9 heteroatoms. The minimum absolute atomic E-state index is 0.101. The van der Waals surface area contributed by atoms with Crippen LogP contribution in [-0.4, -0.2) is 40.4 Å². The first-order chi connectivity index (χ1) is 15.9. The highest BCUT2D eigenvalue weighted by atomic mass is 32.2. The normalized spacial score (nSPS) is 15.4.